The molecule has 0 saturated heterocycles. The highest BCUT2D eigenvalue weighted by Crippen LogP contribution is 2.55. The highest BCUT2D eigenvalue weighted by Gasteiger charge is 2.49. The average molecular weight is 464 g/mol. The molecule has 5 aromatic carbocycles. The Balaban J connectivity index is 1.46. The molecule has 0 atom stereocenters. The summed E-state index contributed by atoms with van der Waals surface area (Å²) in [5, 5.41) is 0. The quantitative estimate of drug-likeness (QED) is 0.264. The largest absolute Gasteiger partial charge is 0.458 e. The van der Waals surface area contributed by atoms with E-state index in [1.165, 1.54) is 54.6 Å². The predicted octanol–water partition coefficient (Wildman–Crippen LogP) is 6.34. The molecule has 0 amide bonds. The molecule has 0 radical (unpaired) electrons. The second-order valence-corrected chi connectivity index (χ2v) is 10.4. The lowest BCUT2D eigenvalue weighted by Gasteiger charge is -2.48. The van der Waals surface area contributed by atoms with Gasteiger partial charge in [0.2, 0.25) is 0 Å². The fraction of sp³-hybridized carbons (Fsp3) is 0. The Hall–Kier alpha value is -4.09. The average Bonchev–Trinajstić information content (AvgIpc) is 2.91. The summed E-state index contributed by atoms with van der Waals surface area (Å²) in [5.41, 5.74) is 11.3. The molecule has 4 aliphatic rings. The van der Waals surface area contributed by atoms with Crippen LogP contribution in [0, 0.1) is 0 Å². The molecule has 4 heterocycles. The van der Waals surface area contributed by atoms with E-state index >= 15 is 0 Å². The number of hydrogen-bond donors (Lipinski definition) is 0. The number of hydrogen-bond acceptors (Lipinski definition) is 4. The summed E-state index contributed by atoms with van der Waals surface area (Å²) in [5.74, 6) is 1.92. The third-order valence-electron chi connectivity index (χ3n) is 7.62. The SMILES string of the molecule is c1ccc(N2c3cccc4c3B3c5c(cccc5N5c6ccccc6Sc6ccc2c3c65)O4)cc1. The van der Waals surface area contributed by atoms with Gasteiger partial charge in [-0.25, -0.2) is 0 Å². The summed E-state index contributed by atoms with van der Waals surface area (Å²) < 4.78 is 6.60. The normalized spacial score (nSPS) is 14.8. The van der Waals surface area contributed by atoms with Gasteiger partial charge >= 0.3 is 0 Å². The predicted molar refractivity (Wildman–Crippen MR) is 145 cm³/mol. The van der Waals surface area contributed by atoms with Gasteiger partial charge in [0.1, 0.15) is 11.5 Å². The lowest BCUT2D eigenvalue weighted by molar-refractivity contribution is 0.487. The number of nitrogens with zero attached hydrogens (tertiary/aromatic N) is 2. The smallest absolute Gasteiger partial charge is 0.261 e. The number of benzene rings is 5. The van der Waals surface area contributed by atoms with Crippen LogP contribution < -0.4 is 30.9 Å². The summed E-state index contributed by atoms with van der Waals surface area (Å²) in [7, 11) is 0. The van der Waals surface area contributed by atoms with E-state index < -0.39 is 0 Å². The molecule has 0 N–H and O–H groups in total. The van der Waals surface area contributed by atoms with Crippen LogP contribution in [0.15, 0.2) is 113 Å². The number of anilines is 6. The zero-order chi connectivity index (χ0) is 22.7. The molecule has 0 bridgehead atoms. The minimum absolute atomic E-state index is 0.146. The Morgan fingerprint density at radius 1 is 0.514 bits per heavy atom. The van der Waals surface area contributed by atoms with Crippen molar-refractivity contribution in [2.45, 2.75) is 9.79 Å². The van der Waals surface area contributed by atoms with Crippen LogP contribution in [0.1, 0.15) is 0 Å². The summed E-state index contributed by atoms with van der Waals surface area (Å²) in [6.45, 7) is 0.146. The van der Waals surface area contributed by atoms with Gasteiger partial charge in [0.15, 0.2) is 0 Å². The van der Waals surface area contributed by atoms with Gasteiger partial charge in [0.05, 0.1) is 11.4 Å². The first-order chi connectivity index (χ1) is 17.4. The van der Waals surface area contributed by atoms with Crippen LogP contribution in [0.4, 0.5) is 34.1 Å². The van der Waals surface area contributed by atoms with Gasteiger partial charge in [-0.2, -0.15) is 0 Å². The Kier molecular flexibility index (Phi) is 3.30. The van der Waals surface area contributed by atoms with E-state index in [0.29, 0.717) is 0 Å². The highest BCUT2D eigenvalue weighted by atomic mass is 32.2. The first kappa shape index (κ1) is 18.3. The summed E-state index contributed by atoms with van der Waals surface area (Å²) in [6.07, 6.45) is 0. The van der Waals surface area contributed by atoms with Crippen LogP contribution in [0.3, 0.4) is 0 Å². The molecule has 0 aliphatic carbocycles. The molecule has 9 rings (SSSR count). The van der Waals surface area contributed by atoms with Gasteiger partial charge in [-0.15, -0.1) is 0 Å². The third kappa shape index (κ3) is 2.16. The number of fused-ring (bicyclic) bond motifs is 3. The van der Waals surface area contributed by atoms with E-state index in [4.69, 9.17) is 4.74 Å². The van der Waals surface area contributed by atoms with Crippen molar-refractivity contribution in [1.29, 1.82) is 0 Å². The molecule has 5 aromatic rings. The Bertz CT molecular complexity index is 1720. The third-order valence-corrected chi connectivity index (χ3v) is 8.73. The molecular formula is C30H17BN2OS. The summed E-state index contributed by atoms with van der Waals surface area (Å²) in [4.78, 5) is 7.47. The van der Waals surface area contributed by atoms with E-state index in [0.717, 1.165) is 17.2 Å². The second kappa shape index (κ2) is 6.32. The van der Waals surface area contributed by atoms with Crippen molar-refractivity contribution in [3.63, 3.8) is 0 Å². The highest BCUT2D eigenvalue weighted by molar-refractivity contribution is 7.99. The van der Waals surface area contributed by atoms with Gasteiger partial charge in [0.25, 0.3) is 6.71 Å². The second-order valence-electron chi connectivity index (χ2n) is 9.33. The van der Waals surface area contributed by atoms with Gasteiger partial charge in [0, 0.05) is 32.5 Å². The summed E-state index contributed by atoms with van der Waals surface area (Å²) in [6, 6.07) is 37.0. The van der Waals surface area contributed by atoms with Crippen molar-refractivity contribution in [2.24, 2.45) is 0 Å². The zero-order valence-corrected chi connectivity index (χ0v) is 19.4. The first-order valence-corrected chi connectivity index (χ1v) is 12.7. The van der Waals surface area contributed by atoms with Gasteiger partial charge in [-0.1, -0.05) is 54.2 Å². The van der Waals surface area contributed by atoms with E-state index in [9.17, 15) is 0 Å². The monoisotopic (exact) mass is 464 g/mol. The van der Waals surface area contributed by atoms with E-state index in [2.05, 4.69) is 113 Å². The minimum Gasteiger partial charge on any atom is -0.458 e. The lowest BCUT2D eigenvalue weighted by atomic mass is 9.32. The molecule has 0 fully saturated rings. The molecule has 35 heavy (non-hydrogen) atoms. The van der Waals surface area contributed by atoms with Crippen molar-refractivity contribution in [1.82, 2.24) is 0 Å². The molecule has 0 unspecified atom stereocenters. The molecule has 0 aromatic heterocycles. The van der Waals surface area contributed by atoms with Gasteiger partial charge < -0.3 is 14.5 Å². The van der Waals surface area contributed by atoms with Crippen molar-refractivity contribution in [3.8, 4) is 11.5 Å². The molecule has 3 nitrogen and oxygen atoms in total. The first-order valence-electron chi connectivity index (χ1n) is 11.9. The summed E-state index contributed by atoms with van der Waals surface area (Å²) >= 11 is 1.88. The number of para-hydroxylation sites is 2. The maximum absolute atomic E-state index is 6.60. The van der Waals surface area contributed by atoms with Crippen molar-refractivity contribution in [3.05, 3.63) is 103 Å². The van der Waals surface area contributed by atoms with Gasteiger partial charge in [-0.05, 0) is 77.1 Å². The van der Waals surface area contributed by atoms with Crippen LogP contribution in [0.2, 0.25) is 0 Å². The Morgan fingerprint density at radius 3 is 1.97 bits per heavy atom. The topological polar surface area (TPSA) is 15.7 Å². The number of rotatable bonds is 1. The van der Waals surface area contributed by atoms with Crippen molar-refractivity contribution < 1.29 is 4.74 Å². The van der Waals surface area contributed by atoms with Crippen LogP contribution in [0.25, 0.3) is 0 Å². The molecule has 162 valence electrons. The standard InChI is InChI=1S/C30H17BN2OS/c1-2-8-18(9-3-1)32-20-11-6-13-23-27(20)31-28-21(12-7-14-24(28)34-23)33-19-10-4-5-15-25(19)35-26-17-16-22(32)29(31)30(26)33/h1-17H. The fourth-order valence-electron chi connectivity index (χ4n) is 6.34. The molecular weight excluding hydrogens is 447 g/mol. The van der Waals surface area contributed by atoms with Crippen molar-refractivity contribution in [2.75, 3.05) is 9.80 Å². The van der Waals surface area contributed by atoms with E-state index in [1.54, 1.807) is 0 Å². The van der Waals surface area contributed by atoms with Crippen LogP contribution in [-0.2, 0) is 0 Å². The Labute approximate surface area is 207 Å². The van der Waals surface area contributed by atoms with Crippen LogP contribution >= 0.6 is 11.8 Å². The molecule has 0 spiro atoms. The van der Waals surface area contributed by atoms with Crippen molar-refractivity contribution >= 4 is 69.0 Å². The number of ether oxygens (including phenoxy) is 1. The Morgan fingerprint density at radius 2 is 1.17 bits per heavy atom. The maximum atomic E-state index is 6.60. The molecule has 5 heteroatoms. The fourth-order valence-corrected chi connectivity index (χ4v) is 7.42. The molecule has 0 saturated carbocycles. The van der Waals surface area contributed by atoms with Crippen LogP contribution in [0.5, 0.6) is 11.5 Å². The lowest BCUT2D eigenvalue weighted by Crippen LogP contribution is -2.63. The van der Waals surface area contributed by atoms with Crippen LogP contribution in [-0.4, -0.2) is 6.71 Å². The van der Waals surface area contributed by atoms with E-state index in [1.807, 2.05) is 11.8 Å². The zero-order valence-electron chi connectivity index (χ0n) is 18.6. The minimum atomic E-state index is 0.146. The van der Waals surface area contributed by atoms with E-state index in [-0.39, 0.29) is 6.71 Å². The van der Waals surface area contributed by atoms with Gasteiger partial charge in [-0.3, -0.25) is 0 Å². The molecule has 4 aliphatic heterocycles. The maximum Gasteiger partial charge on any atom is 0.261 e.